The van der Waals surface area contributed by atoms with Gasteiger partial charge in [0, 0.05) is 17.8 Å². The first kappa shape index (κ1) is 21.4. The van der Waals surface area contributed by atoms with E-state index >= 15 is 0 Å². The molecule has 7 nitrogen and oxygen atoms in total. The van der Waals surface area contributed by atoms with Gasteiger partial charge < -0.3 is 19.7 Å². The minimum atomic E-state index is -1.63. The van der Waals surface area contributed by atoms with E-state index in [1.807, 2.05) is 0 Å². The van der Waals surface area contributed by atoms with Gasteiger partial charge >= 0.3 is 0 Å². The maximum atomic E-state index is 14.1. The van der Waals surface area contributed by atoms with Crippen LogP contribution in [0.25, 0.3) is 5.82 Å². The molecule has 0 spiro atoms. The van der Waals surface area contributed by atoms with E-state index in [9.17, 15) is 19.0 Å². The Morgan fingerprint density at radius 3 is 2.38 bits per heavy atom. The number of pyridine rings is 1. The van der Waals surface area contributed by atoms with Crippen molar-refractivity contribution in [3.63, 3.8) is 0 Å². The van der Waals surface area contributed by atoms with Crippen molar-refractivity contribution in [2.75, 3.05) is 0 Å². The number of hydrogen-bond acceptors (Lipinski definition) is 6. The standard InChI is InChI=1S/C23H19F2N3O4/c24-18-4-1-15(2-5-18)13-31-20-11-16(3-6-19(20)25)14-32-22-8-10-27-28(22)21-12-17(23(29)30)7-9-26-21/h1-12,23,29-30H,13-14H2. The lowest BCUT2D eigenvalue weighted by atomic mass is 10.2. The summed E-state index contributed by atoms with van der Waals surface area (Å²) >= 11 is 0. The number of ether oxygens (including phenoxy) is 2. The van der Waals surface area contributed by atoms with Gasteiger partial charge in [-0.2, -0.15) is 9.78 Å². The van der Waals surface area contributed by atoms with Crippen molar-refractivity contribution in [3.05, 3.63) is 101 Å². The van der Waals surface area contributed by atoms with E-state index < -0.39 is 12.1 Å². The van der Waals surface area contributed by atoms with E-state index in [-0.39, 0.29) is 30.3 Å². The number of hydrogen-bond donors (Lipinski definition) is 2. The molecule has 0 amide bonds. The Labute approximate surface area is 182 Å². The molecule has 0 radical (unpaired) electrons. The summed E-state index contributed by atoms with van der Waals surface area (Å²) in [5.74, 6) is -0.120. The van der Waals surface area contributed by atoms with Gasteiger partial charge in [0.1, 0.15) is 19.0 Å². The van der Waals surface area contributed by atoms with E-state index in [0.29, 0.717) is 22.8 Å². The second-order valence-corrected chi connectivity index (χ2v) is 6.87. The van der Waals surface area contributed by atoms with Crippen molar-refractivity contribution in [2.45, 2.75) is 19.5 Å². The monoisotopic (exact) mass is 439 g/mol. The van der Waals surface area contributed by atoms with Crippen molar-refractivity contribution < 1.29 is 28.5 Å². The molecule has 0 atom stereocenters. The Morgan fingerprint density at radius 1 is 0.844 bits per heavy atom. The topological polar surface area (TPSA) is 89.6 Å². The van der Waals surface area contributed by atoms with Crippen LogP contribution < -0.4 is 9.47 Å². The van der Waals surface area contributed by atoms with Crippen molar-refractivity contribution in [1.82, 2.24) is 14.8 Å². The maximum Gasteiger partial charge on any atom is 0.218 e. The van der Waals surface area contributed by atoms with E-state index in [2.05, 4.69) is 10.1 Å². The molecule has 4 aromatic rings. The summed E-state index contributed by atoms with van der Waals surface area (Å²) in [6.45, 7) is 0.189. The van der Waals surface area contributed by atoms with Crippen LogP contribution in [-0.2, 0) is 13.2 Å². The third kappa shape index (κ3) is 5.08. The zero-order valence-corrected chi connectivity index (χ0v) is 16.7. The molecule has 0 saturated carbocycles. The number of aliphatic hydroxyl groups is 2. The average Bonchev–Trinajstić information content (AvgIpc) is 3.27. The second-order valence-electron chi connectivity index (χ2n) is 6.87. The first-order valence-corrected chi connectivity index (χ1v) is 9.64. The molecule has 2 aromatic carbocycles. The second kappa shape index (κ2) is 9.54. The van der Waals surface area contributed by atoms with E-state index in [4.69, 9.17) is 9.47 Å². The molecule has 32 heavy (non-hydrogen) atoms. The molecular weight excluding hydrogens is 420 g/mol. The Kier molecular flexibility index (Phi) is 6.39. The lowest BCUT2D eigenvalue weighted by molar-refractivity contribution is -0.0425. The summed E-state index contributed by atoms with van der Waals surface area (Å²) in [6, 6.07) is 14.7. The van der Waals surface area contributed by atoms with Gasteiger partial charge in [-0.25, -0.2) is 13.8 Å². The fraction of sp³-hybridized carbons (Fsp3) is 0.130. The Hall–Kier alpha value is -3.82. The van der Waals surface area contributed by atoms with Gasteiger partial charge in [-0.15, -0.1) is 0 Å². The van der Waals surface area contributed by atoms with Crippen molar-refractivity contribution in [2.24, 2.45) is 0 Å². The van der Waals surface area contributed by atoms with Gasteiger partial charge in [0.15, 0.2) is 23.7 Å². The Bertz CT molecular complexity index is 1200. The van der Waals surface area contributed by atoms with Gasteiger partial charge in [-0.1, -0.05) is 18.2 Å². The molecular formula is C23H19F2N3O4. The largest absolute Gasteiger partial charge is 0.486 e. The lowest BCUT2D eigenvalue weighted by Crippen LogP contribution is -2.06. The van der Waals surface area contributed by atoms with Gasteiger partial charge in [0.25, 0.3) is 0 Å². The zero-order chi connectivity index (χ0) is 22.5. The van der Waals surface area contributed by atoms with Crippen LogP contribution in [0.4, 0.5) is 8.78 Å². The number of aliphatic hydroxyl groups excluding tert-OH is 1. The van der Waals surface area contributed by atoms with Gasteiger partial charge in [-0.05, 0) is 47.5 Å². The number of aromatic nitrogens is 3. The van der Waals surface area contributed by atoms with Crippen LogP contribution in [0.2, 0.25) is 0 Å². The van der Waals surface area contributed by atoms with Crippen molar-refractivity contribution in [1.29, 1.82) is 0 Å². The van der Waals surface area contributed by atoms with Crippen LogP contribution in [0.1, 0.15) is 23.0 Å². The minimum Gasteiger partial charge on any atom is -0.486 e. The molecule has 0 aliphatic carbocycles. The molecule has 2 aromatic heterocycles. The normalized spacial score (nSPS) is 11.0. The lowest BCUT2D eigenvalue weighted by Gasteiger charge is -2.12. The molecule has 0 bridgehead atoms. The molecule has 164 valence electrons. The number of halogens is 2. The zero-order valence-electron chi connectivity index (χ0n) is 16.7. The Morgan fingerprint density at radius 2 is 1.59 bits per heavy atom. The van der Waals surface area contributed by atoms with Gasteiger partial charge in [0.2, 0.25) is 5.88 Å². The fourth-order valence-electron chi connectivity index (χ4n) is 2.93. The maximum absolute atomic E-state index is 14.1. The molecule has 0 aliphatic heterocycles. The predicted octanol–water partition coefficient (Wildman–Crippen LogP) is 3.69. The molecule has 2 heterocycles. The molecule has 0 aliphatic rings. The summed E-state index contributed by atoms with van der Waals surface area (Å²) in [4.78, 5) is 4.17. The first-order valence-electron chi connectivity index (χ1n) is 9.64. The van der Waals surface area contributed by atoms with Crippen LogP contribution in [0.3, 0.4) is 0 Å². The quantitative estimate of drug-likeness (QED) is 0.407. The van der Waals surface area contributed by atoms with Crippen LogP contribution in [0.15, 0.2) is 73.1 Å². The van der Waals surface area contributed by atoms with E-state index in [1.165, 1.54) is 53.5 Å². The summed E-state index contributed by atoms with van der Waals surface area (Å²) in [6.07, 6.45) is 1.31. The molecule has 2 N–H and O–H groups in total. The van der Waals surface area contributed by atoms with Gasteiger partial charge in [0.05, 0.1) is 6.20 Å². The number of benzene rings is 2. The van der Waals surface area contributed by atoms with Crippen LogP contribution in [0.5, 0.6) is 11.6 Å². The SMILES string of the molecule is OC(O)c1ccnc(-n2nccc2OCc2ccc(F)c(OCc3ccc(F)cc3)c2)c1. The van der Waals surface area contributed by atoms with E-state index in [0.717, 1.165) is 0 Å². The Balaban J connectivity index is 1.45. The summed E-state index contributed by atoms with van der Waals surface area (Å²) in [5, 5.41) is 22.9. The highest BCUT2D eigenvalue weighted by Crippen LogP contribution is 2.23. The summed E-state index contributed by atoms with van der Waals surface area (Å²) < 4.78 is 39.9. The van der Waals surface area contributed by atoms with Crippen molar-refractivity contribution in [3.8, 4) is 17.4 Å². The highest BCUT2D eigenvalue weighted by Gasteiger charge is 2.12. The molecule has 4 rings (SSSR count). The van der Waals surface area contributed by atoms with Crippen LogP contribution in [-0.4, -0.2) is 25.0 Å². The highest BCUT2D eigenvalue weighted by atomic mass is 19.1. The predicted molar refractivity (Wildman–Crippen MR) is 110 cm³/mol. The third-order valence-electron chi connectivity index (χ3n) is 4.58. The van der Waals surface area contributed by atoms with Crippen LogP contribution in [0, 0.1) is 11.6 Å². The van der Waals surface area contributed by atoms with Crippen molar-refractivity contribution >= 4 is 0 Å². The molecule has 9 heteroatoms. The smallest absolute Gasteiger partial charge is 0.218 e. The fourth-order valence-corrected chi connectivity index (χ4v) is 2.93. The van der Waals surface area contributed by atoms with Crippen LogP contribution >= 0.6 is 0 Å². The summed E-state index contributed by atoms with van der Waals surface area (Å²) in [7, 11) is 0. The average molecular weight is 439 g/mol. The minimum absolute atomic E-state index is 0.0511. The number of rotatable bonds is 8. The molecule has 0 fully saturated rings. The first-order chi connectivity index (χ1) is 15.5. The third-order valence-corrected chi connectivity index (χ3v) is 4.58. The van der Waals surface area contributed by atoms with Gasteiger partial charge in [-0.3, -0.25) is 0 Å². The summed E-state index contributed by atoms with van der Waals surface area (Å²) in [5.41, 5.74) is 1.62. The number of nitrogens with zero attached hydrogens (tertiary/aromatic N) is 3. The van der Waals surface area contributed by atoms with E-state index in [1.54, 1.807) is 24.3 Å². The molecule has 0 unspecified atom stereocenters. The highest BCUT2D eigenvalue weighted by molar-refractivity contribution is 5.33. The molecule has 0 saturated heterocycles.